The number of morpholine rings is 1. The second-order valence-corrected chi connectivity index (χ2v) is 26.0. The number of hydrogen-bond donors (Lipinski definition) is 2. The average molecular weight is 1210 g/mol. The molecule has 379 valence electrons. The minimum absolute atomic E-state index is 0.00715. The number of sulfone groups is 1. The smallest absolute Gasteiger partial charge is 0.0702 e. The number of sulfonamides is 1. The molecule has 1 saturated carbocycles. The Hall–Kier alpha value is -4.28. The summed E-state index contributed by atoms with van der Waals surface area (Å²) in [5.41, 5.74) is -1.34. The van der Waals surface area contributed by atoms with Gasteiger partial charge in [0.2, 0.25) is 0 Å². The first-order valence-electron chi connectivity index (χ1n) is 23.0. The molecular weight excluding hydrogens is 1150 g/mol. The van der Waals surface area contributed by atoms with Gasteiger partial charge in [-0.1, -0.05) is 23.7 Å². The topological polar surface area (TPSA) is 163 Å². The molecule has 14 nitrogen and oxygen atoms in total. The summed E-state index contributed by atoms with van der Waals surface area (Å²) >= 11 is 5.08. The maximum absolute atomic E-state index is 14.2. The number of amides is 1. The Morgan fingerprint density at radius 1 is 0.929 bits per heavy atom. The van der Waals surface area contributed by atoms with Crippen molar-refractivity contribution in [3.8, 4) is 11.5 Å². The largest absolute Gasteiger partial charge is 0.371 e. The van der Waals surface area contributed by atoms with Crippen LogP contribution in [0.15, 0.2) is 101 Å². The molecule has 3 aliphatic heterocycles. The molecule has 4 aliphatic rings. The van der Waals surface area contributed by atoms with Crippen LogP contribution in [-0.4, -0.2) is 125 Å². The molecule has 2 saturated heterocycles. The van der Waals surface area contributed by atoms with Crippen molar-refractivity contribution in [2.24, 2.45) is 0 Å². The molecule has 0 radical (unpaired) electrons. The molecule has 70 heavy (non-hydrogen) atoms. The number of benzene rings is 3. The molecular formula is C49H54AuClF3N6O8S2. The van der Waals surface area contributed by atoms with E-state index in [1.165, 1.54) is 23.4 Å². The number of halogens is 4. The van der Waals surface area contributed by atoms with E-state index in [4.69, 9.17) is 25.8 Å². The standard InChI is InChI=1S/C39H36ClF3N5O7S2.C10H18NO.Au/c1-38(2)21-34(25-6-8-28(40)9-7-25)27(24-54-38)23-47-14-16-48(17-15-47)29-10-11-33(35(19-29)55-30-18-26-12-13-44-36(26)45-22-30)37(49)46-57(52,53)32-5-3-4-31(20-32)56(50,51)39(41,42)43;1-2-4-10(5-3-1)11-6-8-12-9-7-11;/h3,5-13,18-20,22H,14-17,21,23-24H2,1-2H3,(H,44,45)(H,46,49);1,10H,2-9H2;. The van der Waals surface area contributed by atoms with Crippen molar-refractivity contribution in [2.45, 2.75) is 77.0 Å². The van der Waals surface area contributed by atoms with Crippen molar-refractivity contribution in [1.82, 2.24) is 24.5 Å². The molecule has 5 aromatic rings. The third-order valence-corrected chi connectivity index (χ3v) is 20.4. The molecule has 3 aromatic carbocycles. The van der Waals surface area contributed by atoms with Crippen molar-refractivity contribution in [3.63, 3.8) is 0 Å². The fourth-order valence-corrected chi connectivity index (χ4v) is 15.7. The number of alkyl halides is 3. The second kappa shape index (κ2) is 20.7. The van der Waals surface area contributed by atoms with Gasteiger partial charge in [0.1, 0.15) is 5.65 Å². The normalized spacial score (nSPS) is 21.0. The van der Waals surface area contributed by atoms with Crippen LogP contribution in [0.2, 0.25) is 9.16 Å². The third-order valence-electron chi connectivity index (χ3n) is 13.2. The summed E-state index contributed by atoms with van der Waals surface area (Å²) in [6.45, 7) is 10.9. The van der Waals surface area contributed by atoms with Crippen LogP contribution in [0.1, 0.15) is 61.9 Å². The van der Waals surface area contributed by atoms with E-state index in [0.29, 0.717) is 93.9 Å². The van der Waals surface area contributed by atoms with E-state index in [1.54, 1.807) is 30.5 Å². The Morgan fingerprint density at radius 2 is 1.66 bits per heavy atom. The van der Waals surface area contributed by atoms with Crippen LogP contribution in [0.3, 0.4) is 0 Å². The van der Waals surface area contributed by atoms with Crippen LogP contribution in [0.25, 0.3) is 16.6 Å². The van der Waals surface area contributed by atoms with Gasteiger partial charge in [0.05, 0.1) is 12.2 Å². The van der Waals surface area contributed by atoms with Crippen LogP contribution in [0, 0.1) is 0 Å². The number of H-pyrrole nitrogens is 1. The Bertz CT molecular complexity index is 2990. The van der Waals surface area contributed by atoms with Gasteiger partial charge in [-0.25, -0.2) is 4.98 Å². The summed E-state index contributed by atoms with van der Waals surface area (Å²) in [4.78, 5) is 26.4. The van der Waals surface area contributed by atoms with Gasteiger partial charge in [0.25, 0.3) is 0 Å². The predicted molar refractivity (Wildman–Crippen MR) is 257 cm³/mol. The molecule has 1 amide bonds. The maximum Gasteiger partial charge on any atom is 0.0702 e. The van der Waals surface area contributed by atoms with Gasteiger partial charge >= 0.3 is 257 Å². The van der Waals surface area contributed by atoms with Crippen LogP contribution >= 0.6 is 11.6 Å². The quantitative estimate of drug-likeness (QED) is 0.110. The van der Waals surface area contributed by atoms with E-state index in [9.17, 15) is 34.8 Å². The number of hydrogen-bond acceptors (Lipinski definition) is 12. The Labute approximate surface area is 420 Å². The summed E-state index contributed by atoms with van der Waals surface area (Å²) in [6, 6.07) is 19.2. The van der Waals surface area contributed by atoms with Crippen molar-refractivity contribution in [1.29, 1.82) is 0 Å². The van der Waals surface area contributed by atoms with Crippen LogP contribution in [0.4, 0.5) is 18.9 Å². The van der Waals surface area contributed by atoms with Crippen molar-refractivity contribution in [2.75, 3.05) is 70.5 Å². The van der Waals surface area contributed by atoms with Gasteiger partial charge in [-0.15, -0.1) is 0 Å². The molecule has 9 rings (SSSR count). The number of aromatic nitrogens is 2. The van der Waals surface area contributed by atoms with Gasteiger partial charge in [-0.05, 0) is 48.8 Å². The fraction of sp³-hybridized carbons (Fsp3) is 0.429. The van der Waals surface area contributed by atoms with E-state index in [1.807, 2.05) is 29.0 Å². The number of rotatable bonds is 13. The summed E-state index contributed by atoms with van der Waals surface area (Å²) in [7, 11) is -10.9. The van der Waals surface area contributed by atoms with Crippen molar-refractivity contribution < 1.29 is 68.8 Å². The van der Waals surface area contributed by atoms with E-state index in [2.05, 4.69) is 38.5 Å². The molecule has 3 fully saturated rings. The number of nitrogens with zero attached hydrogens (tertiary/aromatic N) is 4. The number of carbonyl (C=O) groups is 1. The molecule has 0 spiro atoms. The van der Waals surface area contributed by atoms with E-state index < -0.39 is 60.8 Å². The second-order valence-electron chi connectivity index (χ2n) is 18.5. The first-order chi connectivity index (χ1) is 33.3. The molecule has 1 aliphatic carbocycles. The SMILES string of the molecule is CC1(C)CC(c2ccc(Cl)cc2)=C(CN2CCN(c3ccc(C(=O)NS(=O)(=O)c4cc[c]([Au][C@H]5CC[C@H](N6CCOCC6)CC5)c(S(=O)(=O)C(F)(F)F)c4)c(Oc4cnc5[nH]ccc5c4)c3)CC2)CO1. The molecule has 5 heterocycles. The molecule has 2 aromatic heterocycles. The first-order valence-corrected chi connectivity index (χ1v) is 28.7. The van der Waals surface area contributed by atoms with Gasteiger partial charge in [0, 0.05) is 55.8 Å². The summed E-state index contributed by atoms with van der Waals surface area (Å²) in [6.07, 6.45) is 6.98. The molecule has 0 atom stereocenters. The zero-order valence-electron chi connectivity index (χ0n) is 38.5. The summed E-state index contributed by atoms with van der Waals surface area (Å²) < 4.78 is 117. The number of aromatic amines is 1. The number of anilines is 1. The van der Waals surface area contributed by atoms with Crippen LogP contribution in [-0.2, 0) is 49.1 Å². The first kappa shape index (κ1) is 50.7. The minimum atomic E-state index is -5.97. The number of ether oxygens (including phenoxy) is 3. The monoisotopic (exact) mass is 1210 g/mol. The zero-order chi connectivity index (χ0) is 49.4. The molecule has 0 bridgehead atoms. The average Bonchev–Trinajstić information content (AvgIpc) is 3.81. The summed E-state index contributed by atoms with van der Waals surface area (Å²) in [5.74, 6) is -0.895. The third kappa shape index (κ3) is 11.5. The minimum Gasteiger partial charge on any atom is -0.371 e. The zero-order valence-corrected chi connectivity index (χ0v) is 43.1. The number of nitrogens with one attached hydrogen (secondary N) is 2. The van der Waals surface area contributed by atoms with E-state index in [-0.39, 0.29) is 30.6 Å². The predicted octanol–water partition coefficient (Wildman–Crippen LogP) is 7.97. The number of piperazine rings is 1. The number of carbonyl (C=O) groups excluding carboxylic acids is 1. The van der Waals surface area contributed by atoms with Crippen molar-refractivity contribution >= 4 is 63.4 Å². The molecule has 21 heteroatoms. The van der Waals surface area contributed by atoms with Crippen molar-refractivity contribution in [3.05, 3.63) is 107 Å². The van der Waals surface area contributed by atoms with Crippen LogP contribution in [0.5, 0.6) is 11.5 Å². The number of pyridine rings is 1. The maximum atomic E-state index is 14.2. The van der Waals surface area contributed by atoms with Gasteiger partial charge in [-0.2, -0.15) is 0 Å². The Morgan fingerprint density at radius 3 is 2.37 bits per heavy atom. The van der Waals surface area contributed by atoms with E-state index in [0.717, 1.165) is 55.4 Å². The Balaban J connectivity index is 0.940. The molecule has 0 unspecified atom stereocenters. The summed E-state index contributed by atoms with van der Waals surface area (Å²) in [5, 5.41) is 1.39. The fourth-order valence-electron chi connectivity index (χ4n) is 9.39. The van der Waals surface area contributed by atoms with E-state index >= 15 is 0 Å². The van der Waals surface area contributed by atoms with Gasteiger partial charge in [0.15, 0.2) is 0 Å². The van der Waals surface area contributed by atoms with Gasteiger partial charge in [-0.3, -0.25) is 4.90 Å². The Kier molecular flexibility index (Phi) is 15.0. The number of fused-ring (bicyclic) bond motifs is 1. The van der Waals surface area contributed by atoms with Gasteiger partial charge < -0.3 is 9.72 Å². The molecule has 2 N–H and O–H groups in total. The van der Waals surface area contributed by atoms with Crippen LogP contribution < -0.4 is 18.1 Å².